The van der Waals surface area contributed by atoms with E-state index in [0.717, 1.165) is 31.2 Å². The van der Waals surface area contributed by atoms with Gasteiger partial charge in [-0.1, -0.05) is 18.6 Å². The molecule has 0 saturated carbocycles. The van der Waals surface area contributed by atoms with Crippen LogP contribution < -0.4 is 0 Å². The highest BCUT2D eigenvalue weighted by Crippen LogP contribution is 2.32. The van der Waals surface area contributed by atoms with Crippen molar-refractivity contribution < 1.29 is 4.79 Å². The zero-order valence-electron chi connectivity index (χ0n) is 13.7. The van der Waals surface area contributed by atoms with Crippen LogP contribution in [0.2, 0.25) is 0 Å². The number of carbonyl (C=O) groups excluding carboxylic acids is 1. The van der Waals surface area contributed by atoms with Crippen molar-refractivity contribution in [2.24, 2.45) is 11.8 Å². The van der Waals surface area contributed by atoms with Crippen molar-refractivity contribution in [1.82, 2.24) is 9.80 Å². The van der Waals surface area contributed by atoms with E-state index in [1.54, 1.807) is 5.57 Å². The number of nitrogens with zero attached hydrogens (tertiary/aromatic N) is 2. The molecule has 2 heterocycles. The Balaban J connectivity index is 1.50. The van der Waals surface area contributed by atoms with Gasteiger partial charge in [-0.25, -0.2) is 0 Å². The minimum Gasteiger partial charge on any atom is -0.340 e. The van der Waals surface area contributed by atoms with Crippen LogP contribution in [0.15, 0.2) is 11.6 Å². The van der Waals surface area contributed by atoms with Crippen LogP contribution in [-0.2, 0) is 4.79 Å². The van der Waals surface area contributed by atoms with Gasteiger partial charge in [0.2, 0.25) is 5.91 Å². The van der Waals surface area contributed by atoms with Crippen molar-refractivity contribution in [3.8, 4) is 0 Å². The van der Waals surface area contributed by atoms with Crippen molar-refractivity contribution in [1.29, 1.82) is 0 Å². The van der Waals surface area contributed by atoms with Crippen LogP contribution in [0.25, 0.3) is 0 Å². The lowest BCUT2D eigenvalue weighted by Gasteiger charge is -2.40. The van der Waals surface area contributed by atoms with Gasteiger partial charge in [0.25, 0.3) is 0 Å². The Bertz CT molecular complexity index is 409. The van der Waals surface area contributed by atoms with Crippen molar-refractivity contribution in [2.75, 3.05) is 26.2 Å². The highest BCUT2D eigenvalue weighted by molar-refractivity contribution is 5.78. The van der Waals surface area contributed by atoms with Crippen molar-refractivity contribution >= 4 is 5.91 Å². The Morgan fingerprint density at radius 2 is 1.95 bits per heavy atom. The molecule has 2 aliphatic heterocycles. The number of allylic oxidation sites excluding steroid dienone is 1. The Labute approximate surface area is 129 Å². The molecule has 0 bridgehead atoms. The summed E-state index contributed by atoms with van der Waals surface area (Å²) in [6.45, 7) is 9.30. The maximum Gasteiger partial charge on any atom is 0.222 e. The van der Waals surface area contributed by atoms with Gasteiger partial charge in [0.05, 0.1) is 0 Å². The monoisotopic (exact) mass is 290 g/mol. The summed E-state index contributed by atoms with van der Waals surface area (Å²) in [7, 11) is 0. The van der Waals surface area contributed by atoms with E-state index in [9.17, 15) is 4.79 Å². The number of hydrogen-bond acceptors (Lipinski definition) is 2. The van der Waals surface area contributed by atoms with E-state index in [1.807, 2.05) is 0 Å². The van der Waals surface area contributed by atoms with Gasteiger partial charge in [-0.15, -0.1) is 0 Å². The highest BCUT2D eigenvalue weighted by atomic mass is 16.2. The fourth-order valence-corrected chi connectivity index (χ4v) is 4.45. The minimum absolute atomic E-state index is 0.396. The van der Waals surface area contributed by atoms with E-state index >= 15 is 0 Å². The third-order valence-electron chi connectivity index (χ3n) is 5.92. The summed E-state index contributed by atoms with van der Waals surface area (Å²) < 4.78 is 0. The number of carbonyl (C=O) groups is 1. The molecule has 0 spiro atoms. The standard InChI is InChI=1S/C18H30N2O/c1-14-5-3-6-15(2)17(14)13-19-11-8-16(9-12-19)20-10-4-7-18(20)21/h5,15-17H,3-4,6-13H2,1-2H3/t15-,17+/m0/s1. The van der Waals surface area contributed by atoms with Crippen molar-refractivity contribution in [3.05, 3.63) is 11.6 Å². The van der Waals surface area contributed by atoms with Crippen LogP contribution in [0.3, 0.4) is 0 Å². The molecule has 0 N–H and O–H groups in total. The summed E-state index contributed by atoms with van der Waals surface area (Å²) in [4.78, 5) is 16.7. The Morgan fingerprint density at radius 1 is 1.19 bits per heavy atom. The van der Waals surface area contributed by atoms with Crippen molar-refractivity contribution in [3.63, 3.8) is 0 Å². The summed E-state index contributed by atoms with van der Waals surface area (Å²) in [6, 6.07) is 0.525. The van der Waals surface area contributed by atoms with Gasteiger partial charge >= 0.3 is 0 Å². The van der Waals surface area contributed by atoms with Gasteiger partial charge in [0, 0.05) is 38.6 Å². The summed E-state index contributed by atoms with van der Waals surface area (Å²) in [5, 5.41) is 0. The smallest absolute Gasteiger partial charge is 0.222 e. The zero-order valence-corrected chi connectivity index (χ0v) is 13.7. The lowest BCUT2D eigenvalue weighted by molar-refractivity contribution is -0.130. The summed E-state index contributed by atoms with van der Waals surface area (Å²) in [5.74, 6) is 1.98. The van der Waals surface area contributed by atoms with E-state index in [2.05, 4.69) is 29.7 Å². The second kappa shape index (κ2) is 6.51. The SMILES string of the molecule is CC1=CCC[C@H](C)[C@@H]1CN1CCC(N2CCCC2=O)CC1. The molecule has 3 rings (SSSR count). The van der Waals surface area contributed by atoms with Crippen LogP contribution >= 0.6 is 0 Å². The van der Waals surface area contributed by atoms with E-state index in [-0.39, 0.29) is 0 Å². The molecule has 0 aromatic carbocycles. The molecule has 3 nitrogen and oxygen atoms in total. The van der Waals surface area contributed by atoms with Crippen LogP contribution in [0.5, 0.6) is 0 Å². The van der Waals surface area contributed by atoms with E-state index in [4.69, 9.17) is 0 Å². The Hall–Kier alpha value is -0.830. The summed E-state index contributed by atoms with van der Waals surface area (Å²) in [5.41, 5.74) is 1.60. The number of piperidine rings is 1. The molecule has 3 heteroatoms. The first-order valence-electron chi connectivity index (χ1n) is 8.83. The average Bonchev–Trinajstić information content (AvgIpc) is 2.90. The maximum atomic E-state index is 11.9. The Morgan fingerprint density at radius 3 is 2.57 bits per heavy atom. The van der Waals surface area contributed by atoms with Crippen LogP contribution in [0.4, 0.5) is 0 Å². The van der Waals surface area contributed by atoms with Crippen LogP contribution in [0.1, 0.15) is 52.4 Å². The average molecular weight is 290 g/mol. The first kappa shape index (κ1) is 15.1. The van der Waals surface area contributed by atoms with Crippen LogP contribution in [-0.4, -0.2) is 47.9 Å². The van der Waals surface area contributed by atoms with Crippen molar-refractivity contribution in [2.45, 2.75) is 58.4 Å². The van der Waals surface area contributed by atoms with Gasteiger partial charge < -0.3 is 9.80 Å². The lowest BCUT2D eigenvalue weighted by Crippen LogP contribution is -2.47. The summed E-state index contributed by atoms with van der Waals surface area (Å²) in [6.07, 6.45) is 9.27. The third kappa shape index (κ3) is 3.33. The number of amides is 1. The maximum absolute atomic E-state index is 11.9. The van der Waals surface area contributed by atoms with E-state index < -0.39 is 0 Å². The molecular weight excluding hydrogens is 260 g/mol. The first-order valence-corrected chi connectivity index (χ1v) is 8.83. The normalized spacial score (nSPS) is 32.6. The first-order chi connectivity index (χ1) is 10.1. The predicted molar refractivity (Wildman–Crippen MR) is 86.1 cm³/mol. The van der Waals surface area contributed by atoms with Gasteiger partial charge in [-0.3, -0.25) is 4.79 Å². The predicted octanol–water partition coefficient (Wildman–Crippen LogP) is 3.07. The van der Waals surface area contributed by atoms with Gasteiger partial charge in [0.1, 0.15) is 0 Å². The third-order valence-corrected chi connectivity index (χ3v) is 5.92. The van der Waals surface area contributed by atoms with Gasteiger partial charge in [-0.2, -0.15) is 0 Å². The summed E-state index contributed by atoms with van der Waals surface area (Å²) >= 11 is 0. The lowest BCUT2D eigenvalue weighted by atomic mass is 9.79. The highest BCUT2D eigenvalue weighted by Gasteiger charge is 2.32. The van der Waals surface area contributed by atoms with E-state index in [1.165, 1.54) is 45.3 Å². The largest absolute Gasteiger partial charge is 0.340 e. The second-order valence-corrected chi connectivity index (χ2v) is 7.33. The molecule has 1 amide bonds. The molecule has 21 heavy (non-hydrogen) atoms. The fourth-order valence-electron chi connectivity index (χ4n) is 4.45. The zero-order chi connectivity index (χ0) is 14.8. The molecule has 118 valence electrons. The molecule has 2 saturated heterocycles. The minimum atomic E-state index is 0.396. The second-order valence-electron chi connectivity index (χ2n) is 7.33. The molecule has 3 aliphatic rings. The number of rotatable bonds is 3. The molecule has 0 radical (unpaired) electrons. The topological polar surface area (TPSA) is 23.6 Å². The fraction of sp³-hybridized carbons (Fsp3) is 0.833. The van der Waals surface area contributed by atoms with Gasteiger partial charge in [0.15, 0.2) is 0 Å². The molecule has 0 unspecified atom stereocenters. The molecule has 2 atom stereocenters. The molecule has 0 aromatic rings. The van der Waals surface area contributed by atoms with Crippen LogP contribution in [0, 0.1) is 11.8 Å². The van der Waals surface area contributed by atoms with Gasteiger partial charge in [-0.05, 0) is 50.9 Å². The molecule has 2 fully saturated rings. The van der Waals surface area contributed by atoms with E-state index in [0.29, 0.717) is 11.9 Å². The quantitative estimate of drug-likeness (QED) is 0.746. The molecular formula is C18H30N2O. The number of likely N-dealkylation sites (tertiary alicyclic amines) is 2. The molecule has 1 aliphatic carbocycles. The number of hydrogen-bond donors (Lipinski definition) is 0. The Kier molecular flexibility index (Phi) is 4.68. The molecule has 0 aromatic heterocycles.